The zero-order valence-corrected chi connectivity index (χ0v) is 24.5. The summed E-state index contributed by atoms with van der Waals surface area (Å²) in [7, 11) is 1.34. The minimum absolute atomic E-state index is 0.0483. The average molecular weight is 576 g/mol. The van der Waals surface area contributed by atoms with E-state index in [-0.39, 0.29) is 35.7 Å². The Balaban J connectivity index is 1.88. The summed E-state index contributed by atoms with van der Waals surface area (Å²) >= 11 is 0. The van der Waals surface area contributed by atoms with Gasteiger partial charge in [0.1, 0.15) is 6.04 Å². The molecule has 0 spiro atoms. The molecule has 1 aromatic heterocycles. The molecule has 224 valence electrons. The smallest absolute Gasteiger partial charge is 0.417 e. The number of rotatable bonds is 8. The van der Waals surface area contributed by atoms with Gasteiger partial charge in [0.25, 0.3) is 0 Å². The number of methoxy groups -OCH3 is 1. The van der Waals surface area contributed by atoms with Crippen LogP contribution in [0.5, 0.6) is 5.88 Å². The van der Waals surface area contributed by atoms with E-state index < -0.39 is 47.2 Å². The molecule has 2 heterocycles. The Morgan fingerprint density at radius 1 is 1.17 bits per heavy atom. The summed E-state index contributed by atoms with van der Waals surface area (Å²) in [6.07, 6.45) is -1.51. The number of carboxylic acid groups (broad SMARTS) is 1. The number of pyridine rings is 1. The molecular formula is C31H40F3N3O4. The summed E-state index contributed by atoms with van der Waals surface area (Å²) in [5, 5.41) is 14.0. The second-order valence-corrected chi connectivity index (χ2v) is 12.6. The number of hydrogen-bond acceptors (Lipinski definition) is 5. The van der Waals surface area contributed by atoms with Crippen molar-refractivity contribution in [3.05, 3.63) is 58.8 Å². The largest absolute Gasteiger partial charge is 0.481 e. The predicted molar refractivity (Wildman–Crippen MR) is 148 cm³/mol. The van der Waals surface area contributed by atoms with Gasteiger partial charge in [-0.1, -0.05) is 65.3 Å². The van der Waals surface area contributed by atoms with Crippen LogP contribution in [-0.4, -0.2) is 46.1 Å². The Morgan fingerprint density at radius 2 is 1.83 bits per heavy atom. The van der Waals surface area contributed by atoms with Crippen molar-refractivity contribution in [3.63, 3.8) is 0 Å². The molecule has 0 bridgehead atoms. The van der Waals surface area contributed by atoms with Crippen molar-refractivity contribution in [2.45, 2.75) is 90.6 Å². The van der Waals surface area contributed by atoms with Gasteiger partial charge in [-0.2, -0.15) is 13.2 Å². The first-order chi connectivity index (χ1) is 19.2. The summed E-state index contributed by atoms with van der Waals surface area (Å²) in [6.45, 7) is 9.86. The van der Waals surface area contributed by atoms with Gasteiger partial charge in [-0.25, -0.2) is 9.78 Å². The summed E-state index contributed by atoms with van der Waals surface area (Å²) in [4.78, 5) is 32.5. The Bertz CT molecular complexity index is 1270. The molecule has 0 radical (unpaired) electrons. The van der Waals surface area contributed by atoms with E-state index >= 15 is 0 Å². The molecule has 1 aliphatic carbocycles. The van der Waals surface area contributed by atoms with E-state index in [1.165, 1.54) is 7.11 Å². The Labute approximate surface area is 239 Å². The van der Waals surface area contributed by atoms with E-state index in [0.29, 0.717) is 12.8 Å². The fraction of sp³-hybridized carbons (Fsp3) is 0.581. The van der Waals surface area contributed by atoms with Crippen LogP contribution in [0.1, 0.15) is 88.1 Å². The highest BCUT2D eigenvalue weighted by Crippen LogP contribution is 2.51. The van der Waals surface area contributed by atoms with E-state index in [4.69, 9.17) is 4.74 Å². The first-order valence-corrected chi connectivity index (χ1v) is 14.1. The lowest BCUT2D eigenvalue weighted by molar-refractivity contribution is -0.155. The monoisotopic (exact) mass is 575 g/mol. The molecule has 4 rings (SSSR count). The molecule has 7 nitrogen and oxygen atoms in total. The first-order valence-electron chi connectivity index (χ1n) is 14.1. The van der Waals surface area contributed by atoms with Crippen molar-refractivity contribution in [3.8, 4) is 5.88 Å². The van der Waals surface area contributed by atoms with Gasteiger partial charge >= 0.3 is 12.1 Å². The van der Waals surface area contributed by atoms with Crippen molar-refractivity contribution in [2.24, 2.45) is 17.3 Å². The van der Waals surface area contributed by atoms with E-state index in [0.717, 1.165) is 29.8 Å². The average Bonchev–Trinajstić information content (AvgIpc) is 3.21. The number of halogens is 3. The van der Waals surface area contributed by atoms with Gasteiger partial charge in [0, 0.05) is 36.2 Å². The van der Waals surface area contributed by atoms with Crippen LogP contribution in [0.4, 0.5) is 13.2 Å². The molecule has 41 heavy (non-hydrogen) atoms. The SMILES string of the molecule is COc1ncc(C(F)(F)F)cc1CN[C@H]1[C@H](C(C)(C)C)[C@@H](C(=O)O)N(C(=O)C2CCC2)[C@H]1c1ccccc1C(C)C. The lowest BCUT2D eigenvalue weighted by Crippen LogP contribution is -2.50. The second kappa shape index (κ2) is 11.6. The van der Waals surface area contributed by atoms with Crippen molar-refractivity contribution in [1.29, 1.82) is 0 Å². The van der Waals surface area contributed by atoms with E-state index in [2.05, 4.69) is 10.3 Å². The number of nitrogens with one attached hydrogen (secondary N) is 1. The molecule has 1 amide bonds. The first kappa shape index (κ1) is 30.8. The molecule has 2 fully saturated rings. The number of likely N-dealkylation sites (tertiary alicyclic amines) is 1. The molecule has 2 N–H and O–H groups in total. The molecule has 1 aliphatic heterocycles. The predicted octanol–water partition coefficient (Wildman–Crippen LogP) is 6.19. The molecule has 1 saturated heterocycles. The zero-order chi connectivity index (χ0) is 30.3. The minimum Gasteiger partial charge on any atom is -0.481 e. The number of amides is 1. The Morgan fingerprint density at radius 3 is 2.34 bits per heavy atom. The zero-order valence-electron chi connectivity index (χ0n) is 24.5. The molecular weight excluding hydrogens is 535 g/mol. The van der Waals surface area contributed by atoms with Crippen LogP contribution in [0.15, 0.2) is 36.5 Å². The standard InChI is InChI=1S/C31H40F3N3O4/c1-17(2)21-12-7-8-13-22(21)25-24(35-15-19-14-20(31(32,33)34)16-36-27(19)41-6)23(30(3,4)5)26(29(39)40)37(25)28(38)18-10-9-11-18/h7-8,12-14,16-18,23-26,35H,9-11,15H2,1-6H3,(H,39,40)/t23-,24-,25-,26-/m0/s1. The second-order valence-electron chi connectivity index (χ2n) is 12.6. The normalized spacial score (nSPS) is 23.5. The number of nitrogens with zero attached hydrogens (tertiary/aromatic N) is 2. The molecule has 0 unspecified atom stereocenters. The van der Waals surface area contributed by atoms with Gasteiger partial charge < -0.3 is 20.1 Å². The number of alkyl halides is 3. The highest BCUT2D eigenvalue weighted by atomic mass is 19.4. The summed E-state index contributed by atoms with van der Waals surface area (Å²) in [5.41, 5.74) is 0.561. The maximum Gasteiger partial charge on any atom is 0.417 e. The minimum atomic E-state index is -4.59. The number of ether oxygens (including phenoxy) is 1. The lowest BCUT2D eigenvalue weighted by atomic mass is 9.72. The quantitative estimate of drug-likeness (QED) is 0.390. The van der Waals surface area contributed by atoms with Crippen LogP contribution < -0.4 is 10.1 Å². The molecule has 2 aliphatic rings. The van der Waals surface area contributed by atoms with Crippen LogP contribution in [0, 0.1) is 17.3 Å². The van der Waals surface area contributed by atoms with Crippen LogP contribution in [0.25, 0.3) is 0 Å². The molecule has 1 saturated carbocycles. The van der Waals surface area contributed by atoms with Gasteiger partial charge in [-0.15, -0.1) is 0 Å². The van der Waals surface area contributed by atoms with Gasteiger partial charge in [0.15, 0.2) is 0 Å². The highest BCUT2D eigenvalue weighted by molar-refractivity contribution is 5.87. The maximum absolute atomic E-state index is 14.0. The fourth-order valence-electron chi connectivity index (χ4n) is 6.42. The van der Waals surface area contributed by atoms with Crippen molar-refractivity contribution < 1.29 is 32.6 Å². The summed E-state index contributed by atoms with van der Waals surface area (Å²) in [5.74, 6) is -1.92. The lowest BCUT2D eigenvalue weighted by Gasteiger charge is -2.37. The molecule has 1 aromatic carbocycles. The van der Waals surface area contributed by atoms with Crippen LogP contribution in [0.3, 0.4) is 0 Å². The number of hydrogen-bond donors (Lipinski definition) is 2. The van der Waals surface area contributed by atoms with Crippen LogP contribution >= 0.6 is 0 Å². The third-order valence-electron chi connectivity index (χ3n) is 8.54. The Hall–Kier alpha value is -3.14. The Kier molecular flexibility index (Phi) is 8.73. The number of benzene rings is 1. The molecule has 2 aromatic rings. The fourth-order valence-corrected chi connectivity index (χ4v) is 6.42. The van der Waals surface area contributed by atoms with E-state index in [1.807, 2.05) is 58.9 Å². The number of carbonyl (C=O) groups excluding carboxylic acids is 1. The van der Waals surface area contributed by atoms with Crippen LogP contribution in [0.2, 0.25) is 0 Å². The maximum atomic E-state index is 14.0. The van der Waals surface area contributed by atoms with Crippen molar-refractivity contribution >= 4 is 11.9 Å². The van der Waals surface area contributed by atoms with Gasteiger partial charge in [-0.05, 0) is 41.4 Å². The summed E-state index contributed by atoms with van der Waals surface area (Å²) in [6, 6.07) is 6.38. The number of carboxylic acids is 1. The third kappa shape index (κ3) is 6.08. The van der Waals surface area contributed by atoms with Crippen molar-refractivity contribution in [1.82, 2.24) is 15.2 Å². The number of aliphatic carboxylic acids is 1. The molecule has 10 heteroatoms. The van der Waals surface area contributed by atoms with Crippen LogP contribution in [-0.2, 0) is 22.3 Å². The topological polar surface area (TPSA) is 91.8 Å². The third-order valence-corrected chi connectivity index (χ3v) is 8.54. The van der Waals surface area contributed by atoms with E-state index in [1.54, 1.807) is 4.90 Å². The van der Waals surface area contributed by atoms with E-state index in [9.17, 15) is 27.9 Å². The number of aromatic nitrogens is 1. The van der Waals surface area contributed by atoms with Crippen molar-refractivity contribution in [2.75, 3.05) is 7.11 Å². The summed E-state index contributed by atoms with van der Waals surface area (Å²) < 4.78 is 45.9. The van der Waals surface area contributed by atoms with Gasteiger partial charge in [0.2, 0.25) is 11.8 Å². The van der Waals surface area contributed by atoms with Gasteiger partial charge in [0.05, 0.1) is 18.7 Å². The number of carbonyl (C=O) groups is 2. The van der Waals surface area contributed by atoms with Gasteiger partial charge in [-0.3, -0.25) is 4.79 Å². The molecule has 4 atom stereocenters. The highest BCUT2D eigenvalue weighted by Gasteiger charge is 2.59.